The zero-order chi connectivity index (χ0) is 25.4. The van der Waals surface area contributed by atoms with Crippen molar-refractivity contribution in [3.05, 3.63) is 48.0 Å². The van der Waals surface area contributed by atoms with Crippen LogP contribution in [0.5, 0.6) is 0 Å². The summed E-state index contributed by atoms with van der Waals surface area (Å²) in [5.74, 6) is -0.212. The Hall–Kier alpha value is -3.34. The molecule has 5 heterocycles. The van der Waals surface area contributed by atoms with Crippen molar-refractivity contribution in [2.75, 3.05) is 46.0 Å². The molecule has 0 radical (unpaired) electrons. The molecule has 0 atom stereocenters. The Balaban J connectivity index is 1.35. The fraction of sp³-hybridized carbons (Fsp3) is 0.481. The molecule has 6 rings (SSSR count). The second kappa shape index (κ2) is 9.85. The van der Waals surface area contributed by atoms with Gasteiger partial charge in [0.2, 0.25) is 0 Å². The summed E-state index contributed by atoms with van der Waals surface area (Å²) in [7, 11) is 0. The number of pyridine rings is 1. The Labute approximate surface area is 215 Å². The van der Waals surface area contributed by atoms with E-state index in [1.165, 1.54) is 0 Å². The molecule has 0 unspecified atom stereocenters. The van der Waals surface area contributed by atoms with Crippen LogP contribution in [0.4, 0.5) is 0 Å². The number of hydrogen-bond donors (Lipinski definition) is 2. The van der Waals surface area contributed by atoms with Crippen molar-refractivity contribution < 1.29 is 14.6 Å². The van der Waals surface area contributed by atoms with Crippen molar-refractivity contribution in [3.63, 3.8) is 0 Å². The van der Waals surface area contributed by atoms with Crippen LogP contribution >= 0.6 is 0 Å². The number of hydrogen-bond acceptors (Lipinski definition) is 7. The van der Waals surface area contributed by atoms with Gasteiger partial charge in [-0.3, -0.25) is 9.69 Å². The van der Waals surface area contributed by atoms with E-state index < -0.39 is 0 Å². The maximum Gasteiger partial charge on any atom is 0.256 e. The minimum Gasteiger partial charge on any atom is -0.396 e. The quantitative estimate of drug-likeness (QED) is 0.360. The van der Waals surface area contributed by atoms with Crippen molar-refractivity contribution in [1.82, 2.24) is 34.4 Å². The largest absolute Gasteiger partial charge is 0.396 e. The van der Waals surface area contributed by atoms with Gasteiger partial charge in [-0.1, -0.05) is 6.92 Å². The molecule has 1 amide bonds. The number of morpholine rings is 1. The number of aliphatic hydroxyl groups is 1. The van der Waals surface area contributed by atoms with Crippen LogP contribution in [0.3, 0.4) is 0 Å². The Morgan fingerprint density at radius 1 is 1.22 bits per heavy atom. The summed E-state index contributed by atoms with van der Waals surface area (Å²) in [6.07, 6.45) is 8.16. The van der Waals surface area contributed by atoms with Gasteiger partial charge >= 0.3 is 0 Å². The number of aryl methyl sites for hydroxylation is 1. The minimum atomic E-state index is -0.212. The molecule has 1 aliphatic heterocycles. The highest BCUT2D eigenvalue weighted by Crippen LogP contribution is 2.44. The van der Waals surface area contributed by atoms with Crippen LogP contribution in [0.2, 0.25) is 0 Å². The molecular weight excluding hydrogens is 470 g/mol. The third kappa shape index (κ3) is 4.60. The number of rotatable bonds is 9. The van der Waals surface area contributed by atoms with E-state index in [1.807, 2.05) is 12.3 Å². The van der Waals surface area contributed by atoms with E-state index >= 15 is 0 Å². The summed E-state index contributed by atoms with van der Waals surface area (Å²) in [4.78, 5) is 25.1. The molecule has 10 heteroatoms. The molecule has 10 nitrogen and oxygen atoms in total. The van der Waals surface area contributed by atoms with Crippen LogP contribution < -0.4 is 5.32 Å². The first-order valence-electron chi connectivity index (χ1n) is 13.1. The standard InChI is InChI=1S/C27H33N7O3/c1-2-19-14-23(31-25-21(15-30-34(19)25)26(36)29-17-27(18-35)5-6-27)22-16-33(24-20(22)4-3-7-28-24)9-8-32-10-12-37-13-11-32/h3-4,7,14-16,35H,2,5-6,8-13,17-18H2,1H3,(H,29,36). The lowest BCUT2D eigenvalue weighted by Crippen LogP contribution is -2.38. The number of nitrogens with zero attached hydrogens (tertiary/aromatic N) is 6. The van der Waals surface area contributed by atoms with Gasteiger partial charge in [-0.05, 0) is 37.5 Å². The normalized spacial score (nSPS) is 17.5. The van der Waals surface area contributed by atoms with Gasteiger partial charge in [0.1, 0.15) is 11.2 Å². The van der Waals surface area contributed by atoms with Crippen molar-refractivity contribution in [1.29, 1.82) is 0 Å². The number of aromatic nitrogens is 5. The lowest BCUT2D eigenvalue weighted by molar-refractivity contribution is 0.0365. The number of aliphatic hydroxyl groups excluding tert-OH is 1. The van der Waals surface area contributed by atoms with Crippen molar-refractivity contribution in [3.8, 4) is 11.3 Å². The van der Waals surface area contributed by atoms with Crippen molar-refractivity contribution in [2.24, 2.45) is 5.41 Å². The Bertz CT molecular complexity index is 1430. The van der Waals surface area contributed by atoms with E-state index in [0.717, 1.165) is 86.6 Å². The van der Waals surface area contributed by atoms with Crippen LogP contribution in [-0.2, 0) is 17.7 Å². The van der Waals surface area contributed by atoms with E-state index in [4.69, 9.17) is 9.72 Å². The average molecular weight is 504 g/mol. The van der Waals surface area contributed by atoms with Crippen LogP contribution in [0.15, 0.2) is 36.8 Å². The number of fused-ring (bicyclic) bond motifs is 2. The molecule has 2 fully saturated rings. The zero-order valence-electron chi connectivity index (χ0n) is 21.2. The molecular formula is C27H33N7O3. The fourth-order valence-electron chi connectivity index (χ4n) is 5.08. The number of ether oxygens (including phenoxy) is 1. The molecule has 4 aromatic heterocycles. The van der Waals surface area contributed by atoms with Crippen LogP contribution in [0.25, 0.3) is 27.9 Å². The van der Waals surface area contributed by atoms with Gasteiger partial charge in [-0.2, -0.15) is 5.10 Å². The Kier molecular flexibility index (Phi) is 6.39. The van der Waals surface area contributed by atoms with Gasteiger partial charge in [0, 0.05) is 67.2 Å². The van der Waals surface area contributed by atoms with E-state index in [1.54, 1.807) is 10.7 Å². The number of nitrogens with one attached hydrogen (secondary N) is 1. The van der Waals surface area contributed by atoms with Crippen LogP contribution in [-0.4, -0.2) is 86.1 Å². The minimum absolute atomic E-state index is 0.0913. The number of amides is 1. The highest BCUT2D eigenvalue weighted by molar-refractivity contribution is 6.00. The maximum absolute atomic E-state index is 13.1. The second-order valence-corrected chi connectivity index (χ2v) is 10.2. The molecule has 1 saturated heterocycles. The van der Waals surface area contributed by atoms with E-state index in [2.05, 4.69) is 50.1 Å². The first kappa shape index (κ1) is 24.0. The van der Waals surface area contributed by atoms with Crippen LogP contribution in [0.1, 0.15) is 35.8 Å². The zero-order valence-corrected chi connectivity index (χ0v) is 21.2. The SMILES string of the molecule is CCc1cc(-c2cn(CCN3CCOCC3)c3ncccc23)nc2c(C(=O)NCC3(CO)CC3)cnn12. The first-order valence-corrected chi connectivity index (χ1v) is 13.1. The molecule has 1 saturated carbocycles. The Morgan fingerprint density at radius 3 is 2.81 bits per heavy atom. The van der Waals surface area contributed by atoms with Gasteiger partial charge in [-0.25, -0.2) is 14.5 Å². The molecule has 2 aliphatic rings. The molecule has 2 N–H and O–H groups in total. The van der Waals surface area contributed by atoms with Gasteiger partial charge < -0.3 is 19.7 Å². The predicted octanol–water partition coefficient (Wildman–Crippen LogP) is 2.14. The lowest BCUT2D eigenvalue weighted by atomic mass is 10.1. The first-order chi connectivity index (χ1) is 18.1. The van der Waals surface area contributed by atoms with E-state index in [-0.39, 0.29) is 17.9 Å². The molecule has 194 valence electrons. The number of carbonyl (C=O) groups excluding carboxylic acids is 1. The monoisotopic (exact) mass is 503 g/mol. The molecule has 37 heavy (non-hydrogen) atoms. The summed E-state index contributed by atoms with van der Waals surface area (Å²) in [6.45, 7) is 7.83. The smallest absolute Gasteiger partial charge is 0.256 e. The third-order valence-electron chi connectivity index (χ3n) is 7.74. The summed E-state index contributed by atoms with van der Waals surface area (Å²) in [5, 5.41) is 18.1. The highest BCUT2D eigenvalue weighted by atomic mass is 16.5. The van der Waals surface area contributed by atoms with E-state index in [0.29, 0.717) is 17.8 Å². The fourth-order valence-corrected chi connectivity index (χ4v) is 5.08. The molecule has 0 aromatic carbocycles. The van der Waals surface area contributed by atoms with Crippen molar-refractivity contribution in [2.45, 2.75) is 32.7 Å². The summed E-state index contributed by atoms with van der Waals surface area (Å²) in [5.41, 5.74) is 4.52. The molecule has 0 bridgehead atoms. The topological polar surface area (TPSA) is 110 Å². The van der Waals surface area contributed by atoms with Gasteiger partial charge in [0.25, 0.3) is 5.91 Å². The maximum atomic E-state index is 13.1. The summed E-state index contributed by atoms with van der Waals surface area (Å²) >= 11 is 0. The van der Waals surface area contributed by atoms with Gasteiger partial charge in [-0.15, -0.1) is 0 Å². The molecule has 4 aromatic rings. The third-order valence-corrected chi connectivity index (χ3v) is 7.74. The van der Waals surface area contributed by atoms with Crippen molar-refractivity contribution >= 4 is 22.6 Å². The second-order valence-electron chi connectivity index (χ2n) is 10.2. The summed E-state index contributed by atoms with van der Waals surface area (Å²) < 4.78 is 9.44. The molecule has 1 aliphatic carbocycles. The highest BCUT2D eigenvalue weighted by Gasteiger charge is 2.42. The summed E-state index contributed by atoms with van der Waals surface area (Å²) in [6, 6.07) is 6.08. The predicted molar refractivity (Wildman–Crippen MR) is 139 cm³/mol. The lowest BCUT2D eigenvalue weighted by Gasteiger charge is -2.26. The van der Waals surface area contributed by atoms with Crippen LogP contribution in [0, 0.1) is 5.41 Å². The average Bonchev–Trinajstić information content (AvgIpc) is 3.45. The molecule has 0 spiro atoms. The van der Waals surface area contributed by atoms with Gasteiger partial charge in [0.15, 0.2) is 5.65 Å². The Morgan fingerprint density at radius 2 is 2.05 bits per heavy atom. The van der Waals surface area contributed by atoms with Gasteiger partial charge in [0.05, 0.1) is 31.7 Å². The number of carbonyl (C=O) groups is 1. The van der Waals surface area contributed by atoms with E-state index in [9.17, 15) is 9.90 Å².